The number of carboxylic acid groups (broad SMARTS) is 1. The molecule has 2 amide bonds. The smallest absolute Gasteiger partial charge is 0.407 e. The number of benzene rings is 2. The van der Waals surface area contributed by atoms with Gasteiger partial charge in [0.1, 0.15) is 12.6 Å². The van der Waals surface area contributed by atoms with Crippen LogP contribution < -0.4 is 10.6 Å². The fourth-order valence-electron chi connectivity index (χ4n) is 4.39. The van der Waals surface area contributed by atoms with E-state index in [0.717, 1.165) is 22.3 Å². The summed E-state index contributed by atoms with van der Waals surface area (Å²) < 4.78 is 5.48. The van der Waals surface area contributed by atoms with Crippen LogP contribution in [0, 0.1) is 5.92 Å². The summed E-state index contributed by atoms with van der Waals surface area (Å²) in [5.41, 5.74) is 4.52. The number of alkyl carbamates (subject to hydrolysis) is 1. The van der Waals surface area contributed by atoms with Gasteiger partial charge in [0.15, 0.2) is 0 Å². The number of rotatable bonds is 6. The van der Waals surface area contributed by atoms with Gasteiger partial charge in [0.25, 0.3) is 0 Å². The highest BCUT2D eigenvalue weighted by atomic mass is 16.5. The van der Waals surface area contributed by atoms with Crippen LogP contribution in [0.5, 0.6) is 0 Å². The number of amides is 2. The van der Waals surface area contributed by atoms with Gasteiger partial charge in [0.2, 0.25) is 5.91 Å². The minimum atomic E-state index is -0.876. The molecule has 0 spiro atoms. The Labute approximate surface area is 186 Å². The van der Waals surface area contributed by atoms with Gasteiger partial charge in [-0.25, -0.2) is 4.79 Å². The molecule has 32 heavy (non-hydrogen) atoms. The second-order valence-corrected chi connectivity index (χ2v) is 8.24. The lowest BCUT2D eigenvalue weighted by Gasteiger charge is -2.24. The molecule has 2 aromatic rings. The maximum absolute atomic E-state index is 12.4. The first-order chi connectivity index (χ1) is 15.4. The zero-order valence-electron chi connectivity index (χ0n) is 17.8. The van der Waals surface area contributed by atoms with Gasteiger partial charge in [-0.05, 0) is 42.0 Å². The van der Waals surface area contributed by atoms with Crippen molar-refractivity contribution < 1.29 is 24.2 Å². The molecule has 7 nitrogen and oxygen atoms in total. The van der Waals surface area contributed by atoms with E-state index in [9.17, 15) is 14.4 Å². The number of nitrogens with one attached hydrogen (secondary N) is 2. The molecule has 0 fully saturated rings. The second kappa shape index (κ2) is 9.26. The molecule has 0 aromatic heterocycles. The lowest BCUT2D eigenvalue weighted by molar-refractivity contribution is -0.142. The van der Waals surface area contributed by atoms with E-state index >= 15 is 0 Å². The van der Waals surface area contributed by atoms with E-state index in [-0.39, 0.29) is 24.5 Å². The van der Waals surface area contributed by atoms with Crippen LogP contribution in [0.3, 0.4) is 0 Å². The molecule has 166 valence electrons. The highest BCUT2D eigenvalue weighted by Gasteiger charge is 2.30. The Bertz CT molecular complexity index is 1020. The highest BCUT2D eigenvalue weighted by Crippen LogP contribution is 2.44. The van der Waals surface area contributed by atoms with Gasteiger partial charge < -0.3 is 20.5 Å². The monoisotopic (exact) mass is 434 g/mol. The van der Waals surface area contributed by atoms with Crippen molar-refractivity contribution in [3.63, 3.8) is 0 Å². The molecule has 3 atom stereocenters. The number of fused-ring (bicyclic) bond motifs is 3. The zero-order chi connectivity index (χ0) is 22.7. The van der Waals surface area contributed by atoms with E-state index in [0.29, 0.717) is 12.8 Å². The molecule has 0 saturated heterocycles. The Morgan fingerprint density at radius 3 is 2.31 bits per heavy atom. The zero-order valence-corrected chi connectivity index (χ0v) is 17.8. The van der Waals surface area contributed by atoms with Crippen LogP contribution in [0.15, 0.2) is 60.7 Å². The van der Waals surface area contributed by atoms with Crippen LogP contribution in [-0.2, 0) is 14.3 Å². The van der Waals surface area contributed by atoms with E-state index in [2.05, 4.69) is 22.8 Å². The van der Waals surface area contributed by atoms with Crippen LogP contribution in [0.25, 0.3) is 11.1 Å². The third-order valence-corrected chi connectivity index (χ3v) is 6.08. The highest BCUT2D eigenvalue weighted by molar-refractivity contribution is 5.86. The SMILES string of the molecule is CC(NC(=O)OCC1c2ccccc2-c2ccccc21)C(=O)N[C@@H]1C=CC[C@@H](C(=O)O)C1. The Kier molecular flexibility index (Phi) is 6.25. The topological polar surface area (TPSA) is 105 Å². The molecule has 2 aliphatic carbocycles. The molecule has 2 aliphatic rings. The lowest BCUT2D eigenvalue weighted by Crippen LogP contribution is -2.48. The van der Waals surface area contributed by atoms with Gasteiger partial charge in [-0.15, -0.1) is 0 Å². The maximum atomic E-state index is 12.4. The van der Waals surface area contributed by atoms with Crippen LogP contribution in [-0.4, -0.2) is 41.8 Å². The van der Waals surface area contributed by atoms with E-state index in [1.165, 1.54) is 0 Å². The molecule has 4 rings (SSSR count). The molecule has 0 radical (unpaired) electrons. The van der Waals surface area contributed by atoms with E-state index in [1.807, 2.05) is 36.4 Å². The lowest BCUT2D eigenvalue weighted by atomic mass is 9.91. The molecular formula is C25H26N2O5. The summed E-state index contributed by atoms with van der Waals surface area (Å²) in [5.74, 6) is -1.84. The summed E-state index contributed by atoms with van der Waals surface area (Å²) in [4.78, 5) is 36.0. The molecule has 0 heterocycles. The van der Waals surface area contributed by atoms with E-state index < -0.39 is 24.0 Å². The predicted molar refractivity (Wildman–Crippen MR) is 119 cm³/mol. The molecule has 3 N–H and O–H groups in total. The Balaban J connectivity index is 1.31. The number of aliphatic carboxylic acids is 1. The quantitative estimate of drug-likeness (QED) is 0.604. The van der Waals surface area contributed by atoms with Crippen LogP contribution >= 0.6 is 0 Å². The average molecular weight is 434 g/mol. The summed E-state index contributed by atoms with van der Waals surface area (Å²) >= 11 is 0. The molecule has 0 aliphatic heterocycles. The Morgan fingerprint density at radius 1 is 1.06 bits per heavy atom. The standard InChI is InChI=1S/C25H26N2O5/c1-15(23(28)27-17-8-6-7-16(13-17)24(29)30)26-25(31)32-14-22-20-11-4-2-9-18(20)19-10-3-5-12-21(19)22/h2-6,8-12,15-17,22H,7,13-14H2,1H3,(H,26,31)(H,27,28)(H,29,30)/t15?,16-,17-/m1/s1. The summed E-state index contributed by atoms with van der Waals surface area (Å²) in [6.07, 6.45) is 3.66. The first-order valence-corrected chi connectivity index (χ1v) is 10.8. The van der Waals surface area contributed by atoms with Gasteiger partial charge in [0, 0.05) is 12.0 Å². The molecule has 2 aromatic carbocycles. The van der Waals surface area contributed by atoms with Crippen molar-refractivity contribution in [1.29, 1.82) is 0 Å². The van der Waals surface area contributed by atoms with Crippen LogP contribution in [0.1, 0.15) is 36.8 Å². The second-order valence-electron chi connectivity index (χ2n) is 8.24. The molecular weight excluding hydrogens is 408 g/mol. The van der Waals surface area contributed by atoms with Crippen molar-refractivity contribution in [1.82, 2.24) is 10.6 Å². The van der Waals surface area contributed by atoms with E-state index in [4.69, 9.17) is 9.84 Å². The third kappa shape index (κ3) is 4.51. The fourth-order valence-corrected chi connectivity index (χ4v) is 4.39. The first-order valence-electron chi connectivity index (χ1n) is 10.8. The number of carbonyl (C=O) groups excluding carboxylic acids is 2. The summed E-state index contributed by atoms with van der Waals surface area (Å²) in [7, 11) is 0. The summed E-state index contributed by atoms with van der Waals surface area (Å²) in [6, 6.07) is 15.0. The predicted octanol–water partition coefficient (Wildman–Crippen LogP) is 3.45. The van der Waals surface area contributed by atoms with E-state index in [1.54, 1.807) is 19.1 Å². The average Bonchev–Trinajstić information content (AvgIpc) is 3.11. The van der Waals surface area contributed by atoms with Crippen molar-refractivity contribution >= 4 is 18.0 Å². The number of hydrogen-bond acceptors (Lipinski definition) is 4. The van der Waals surface area contributed by atoms with Crippen molar-refractivity contribution in [3.8, 4) is 11.1 Å². The number of carbonyl (C=O) groups is 3. The van der Waals surface area contributed by atoms with Gasteiger partial charge in [-0.3, -0.25) is 9.59 Å². The van der Waals surface area contributed by atoms with Gasteiger partial charge in [0.05, 0.1) is 5.92 Å². The van der Waals surface area contributed by atoms with Crippen molar-refractivity contribution in [3.05, 3.63) is 71.8 Å². The van der Waals surface area contributed by atoms with Crippen LogP contribution in [0.4, 0.5) is 4.79 Å². The maximum Gasteiger partial charge on any atom is 0.407 e. The minimum absolute atomic E-state index is 0.0578. The van der Waals surface area contributed by atoms with Crippen LogP contribution in [0.2, 0.25) is 0 Å². The normalized spacial score (nSPS) is 20.0. The largest absolute Gasteiger partial charge is 0.481 e. The first kappa shape index (κ1) is 21.6. The van der Waals surface area contributed by atoms with Gasteiger partial charge >= 0.3 is 12.1 Å². The number of ether oxygens (including phenoxy) is 1. The number of hydrogen-bond donors (Lipinski definition) is 3. The molecule has 7 heteroatoms. The summed E-state index contributed by atoms with van der Waals surface area (Å²) in [6.45, 7) is 1.73. The van der Waals surface area contributed by atoms with Crippen molar-refractivity contribution in [2.24, 2.45) is 5.92 Å². The summed E-state index contributed by atoms with van der Waals surface area (Å²) in [5, 5.41) is 14.5. The van der Waals surface area contributed by atoms with Crippen molar-refractivity contribution in [2.75, 3.05) is 6.61 Å². The molecule has 0 saturated carbocycles. The molecule has 0 bridgehead atoms. The molecule has 1 unspecified atom stereocenters. The van der Waals surface area contributed by atoms with Crippen molar-refractivity contribution in [2.45, 2.75) is 37.8 Å². The minimum Gasteiger partial charge on any atom is -0.481 e. The number of allylic oxidation sites excluding steroid dienone is 1. The third-order valence-electron chi connectivity index (χ3n) is 6.08. The Hall–Kier alpha value is -3.61. The number of carboxylic acids is 1. The fraction of sp³-hybridized carbons (Fsp3) is 0.320. The van der Waals surface area contributed by atoms with Gasteiger partial charge in [-0.2, -0.15) is 0 Å². The Morgan fingerprint density at radius 2 is 1.69 bits per heavy atom. The van der Waals surface area contributed by atoms with Gasteiger partial charge in [-0.1, -0.05) is 60.7 Å².